The molecule has 35 heavy (non-hydrogen) atoms. The molecule has 1 fully saturated rings. The first kappa shape index (κ1) is 24.8. The lowest BCUT2D eigenvalue weighted by Gasteiger charge is -2.36. The van der Waals surface area contributed by atoms with Crippen molar-refractivity contribution in [2.45, 2.75) is 47.0 Å². The second-order valence-corrected chi connectivity index (χ2v) is 9.79. The zero-order chi connectivity index (χ0) is 24.9. The Hall–Kier alpha value is -3.28. The van der Waals surface area contributed by atoms with Crippen LogP contribution in [0, 0.1) is 18.7 Å². The van der Waals surface area contributed by atoms with Gasteiger partial charge in [0.15, 0.2) is 0 Å². The van der Waals surface area contributed by atoms with Gasteiger partial charge in [-0.2, -0.15) is 0 Å². The molecule has 0 bridgehead atoms. The molecule has 1 aromatic heterocycles. The van der Waals surface area contributed by atoms with Gasteiger partial charge in [-0.3, -0.25) is 4.79 Å². The normalized spacial score (nSPS) is 14.0. The SMILES string of the molecule is CCc1nc(CC(C)C)nc(N2CCN(C(=O)c3ccc(F)cc3)CC2)c1Cc1ccc(C)cc1. The lowest BCUT2D eigenvalue weighted by atomic mass is 10.00. The molecule has 0 unspecified atom stereocenters. The van der Waals surface area contributed by atoms with Gasteiger partial charge in [-0.05, 0) is 49.1 Å². The van der Waals surface area contributed by atoms with Crippen LogP contribution in [0.15, 0.2) is 48.5 Å². The number of benzene rings is 2. The van der Waals surface area contributed by atoms with Crippen molar-refractivity contribution < 1.29 is 9.18 Å². The number of hydrogen-bond acceptors (Lipinski definition) is 4. The van der Waals surface area contributed by atoms with Gasteiger partial charge in [-0.25, -0.2) is 14.4 Å². The minimum Gasteiger partial charge on any atom is -0.353 e. The molecule has 2 aromatic carbocycles. The second-order valence-electron chi connectivity index (χ2n) is 9.79. The maximum atomic E-state index is 13.3. The summed E-state index contributed by atoms with van der Waals surface area (Å²) in [6.07, 6.45) is 2.48. The first-order valence-electron chi connectivity index (χ1n) is 12.6. The number of piperazine rings is 1. The van der Waals surface area contributed by atoms with Crippen LogP contribution >= 0.6 is 0 Å². The van der Waals surface area contributed by atoms with Crippen molar-refractivity contribution in [3.05, 3.63) is 88.1 Å². The zero-order valence-electron chi connectivity index (χ0n) is 21.2. The predicted octanol–water partition coefficient (Wildman–Crippen LogP) is 5.24. The fourth-order valence-corrected chi connectivity index (χ4v) is 4.57. The number of carbonyl (C=O) groups excluding carboxylic acids is 1. The average Bonchev–Trinajstić information content (AvgIpc) is 2.86. The van der Waals surface area contributed by atoms with Crippen molar-refractivity contribution in [1.29, 1.82) is 0 Å². The summed E-state index contributed by atoms with van der Waals surface area (Å²) in [4.78, 5) is 27.1. The third-order valence-corrected chi connectivity index (χ3v) is 6.50. The van der Waals surface area contributed by atoms with Crippen molar-refractivity contribution in [2.24, 2.45) is 5.92 Å². The quantitative estimate of drug-likeness (QED) is 0.470. The number of rotatable bonds is 7. The molecule has 0 atom stereocenters. The Bertz CT molecular complexity index is 1150. The monoisotopic (exact) mass is 474 g/mol. The predicted molar refractivity (Wildman–Crippen MR) is 138 cm³/mol. The summed E-state index contributed by atoms with van der Waals surface area (Å²) in [6, 6.07) is 14.4. The summed E-state index contributed by atoms with van der Waals surface area (Å²) in [5, 5.41) is 0. The molecule has 0 radical (unpaired) electrons. The molecular formula is C29H35FN4O. The van der Waals surface area contributed by atoms with Crippen LogP contribution in [0.2, 0.25) is 0 Å². The number of aryl methyl sites for hydroxylation is 2. The van der Waals surface area contributed by atoms with E-state index in [1.807, 2.05) is 4.90 Å². The number of nitrogens with zero attached hydrogens (tertiary/aromatic N) is 4. The Morgan fingerprint density at radius 1 is 0.971 bits per heavy atom. The Morgan fingerprint density at radius 2 is 1.63 bits per heavy atom. The van der Waals surface area contributed by atoms with E-state index in [9.17, 15) is 9.18 Å². The number of carbonyl (C=O) groups is 1. The molecule has 0 aliphatic carbocycles. The fourth-order valence-electron chi connectivity index (χ4n) is 4.57. The maximum absolute atomic E-state index is 13.3. The first-order chi connectivity index (χ1) is 16.8. The Balaban J connectivity index is 1.59. The lowest BCUT2D eigenvalue weighted by Crippen LogP contribution is -2.49. The van der Waals surface area contributed by atoms with E-state index in [1.54, 1.807) is 12.1 Å². The molecule has 0 spiro atoms. The third kappa shape index (κ3) is 6.05. The lowest BCUT2D eigenvalue weighted by molar-refractivity contribution is 0.0746. The number of halogens is 1. The van der Waals surface area contributed by atoms with E-state index < -0.39 is 0 Å². The van der Waals surface area contributed by atoms with Crippen molar-refractivity contribution in [1.82, 2.24) is 14.9 Å². The number of hydrogen-bond donors (Lipinski definition) is 0. The molecule has 6 heteroatoms. The van der Waals surface area contributed by atoms with E-state index in [1.165, 1.54) is 28.8 Å². The van der Waals surface area contributed by atoms with Gasteiger partial charge < -0.3 is 9.80 Å². The molecule has 0 N–H and O–H groups in total. The molecule has 4 rings (SSSR count). The van der Waals surface area contributed by atoms with E-state index >= 15 is 0 Å². The van der Waals surface area contributed by atoms with Gasteiger partial charge >= 0.3 is 0 Å². The highest BCUT2D eigenvalue weighted by Crippen LogP contribution is 2.27. The van der Waals surface area contributed by atoms with Crippen LogP contribution in [0.5, 0.6) is 0 Å². The minimum absolute atomic E-state index is 0.0537. The van der Waals surface area contributed by atoms with Crippen molar-refractivity contribution >= 4 is 11.7 Å². The molecule has 184 valence electrons. The number of amides is 1. The van der Waals surface area contributed by atoms with E-state index in [2.05, 4.69) is 56.9 Å². The highest BCUT2D eigenvalue weighted by Gasteiger charge is 2.26. The van der Waals surface area contributed by atoms with E-state index in [-0.39, 0.29) is 11.7 Å². The topological polar surface area (TPSA) is 49.3 Å². The van der Waals surface area contributed by atoms with Gasteiger partial charge in [0, 0.05) is 55.8 Å². The molecule has 0 saturated carbocycles. The van der Waals surface area contributed by atoms with E-state index in [0.29, 0.717) is 37.7 Å². The van der Waals surface area contributed by atoms with Gasteiger partial charge in [0.05, 0.1) is 0 Å². The summed E-state index contributed by atoms with van der Waals surface area (Å²) in [5.74, 6) is 1.98. The van der Waals surface area contributed by atoms with Gasteiger partial charge in [-0.15, -0.1) is 0 Å². The standard InChI is InChI=1S/C29H35FN4O/c1-5-26-25(19-22-8-6-21(4)7-9-22)28(32-27(31-26)18-20(2)3)33-14-16-34(17-15-33)29(35)23-10-12-24(30)13-11-23/h6-13,20H,5,14-19H2,1-4H3. The van der Waals surface area contributed by atoms with Crippen LogP contribution in [0.1, 0.15) is 59.3 Å². The largest absolute Gasteiger partial charge is 0.353 e. The Morgan fingerprint density at radius 3 is 2.23 bits per heavy atom. The summed E-state index contributed by atoms with van der Waals surface area (Å²) < 4.78 is 13.3. The van der Waals surface area contributed by atoms with Crippen LogP contribution in [-0.2, 0) is 19.3 Å². The Kier molecular flexibility index (Phi) is 7.79. The fraction of sp³-hybridized carbons (Fsp3) is 0.414. The van der Waals surface area contributed by atoms with Crippen molar-refractivity contribution in [2.75, 3.05) is 31.1 Å². The van der Waals surface area contributed by atoms with Crippen LogP contribution in [0.3, 0.4) is 0 Å². The van der Waals surface area contributed by atoms with Crippen LogP contribution in [0.25, 0.3) is 0 Å². The smallest absolute Gasteiger partial charge is 0.253 e. The van der Waals surface area contributed by atoms with E-state index in [0.717, 1.165) is 36.6 Å². The second kappa shape index (κ2) is 11.0. The van der Waals surface area contributed by atoms with Crippen LogP contribution in [0.4, 0.5) is 10.2 Å². The van der Waals surface area contributed by atoms with Gasteiger partial charge in [0.25, 0.3) is 5.91 Å². The highest BCUT2D eigenvalue weighted by molar-refractivity contribution is 5.94. The highest BCUT2D eigenvalue weighted by atomic mass is 19.1. The molecule has 5 nitrogen and oxygen atoms in total. The maximum Gasteiger partial charge on any atom is 0.253 e. The van der Waals surface area contributed by atoms with Crippen molar-refractivity contribution in [3.8, 4) is 0 Å². The molecule has 2 heterocycles. The Labute approximate surface area is 208 Å². The summed E-state index contributed by atoms with van der Waals surface area (Å²) >= 11 is 0. The molecular weight excluding hydrogens is 439 g/mol. The average molecular weight is 475 g/mol. The molecule has 1 aliphatic heterocycles. The molecule has 1 aliphatic rings. The van der Waals surface area contributed by atoms with Gasteiger partial charge in [0.1, 0.15) is 17.5 Å². The van der Waals surface area contributed by atoms with Crippen molar-refractivity contribution in [3.63, 3.8) is 0 Å². The minimum atomic E-state index is -0.333. The third-order valence-electron chi connectivity index (χ3n) is 6.50. The van der Waals surface area contributed by atoms with E-state index in [4.69, 9.17) is 9.97 Å². The zero-order valence-corrected chi connectivity index (χ0v) is 21.2. The van der Waals surface area contributed by atoms with Crippen LogP contribution < -0.4 is 4.90 Å². The van der Waals surface area contributed by atoms with Crippen LogP contribution in [-0.4, -0.2) is 47.0 Å². The molecule has 1 saturated heterocycles. The van der Waals surface area contributed by atoms with Gasteiger partial charge in [0.2, 0.25) is 0 Å². The summed E-state index contributed by atoms with van der Waals surface area (Å²) in [5.41, 5.74) is 5.31. The first-order valence-corrected chi connectivity index (χ1v) is 12.6. The summed E-state index contributed by atoms with van der Waals surface area (Å²) in [7, 11) is 0. The molecule has 3 aromatic rings. The number of anilines is 1. The van der Waals surface area contributed by atoms with Gasteiger partial charge in [-0.1, -0.05) is 50.6 Å². The number of aromatic nitrogens is 2. The molecule has 1 amide bonds. The summed E-state index contributed by atoms with van der Waals surface area (Å²) in [6.45, 7) is 11.2.